The summed E-state index contributed by atoms with van der Waals surface area (Å²) in [4.78, 5) is 2.57. The van der Waals surface area contributed by atoms with Crippen molar-refractivity contribution in [3.05, 3.63) is 34.9 Å². The van der Waals surface area contributed by atoms with Crippen molar-refractivity contribution < 1.29 is 0 Å². The van der Waals surface area contributed by atoms with Crippen LogP contribution < -0.4 is 5.73 Å². The van der Waals surface area contributed by atoms with Crippen molar-refractivity contribution in [1.29, 1.82) is 0 Å². The number of hydrogen-bond acceptors (Lipinski definition) is 2. The Balaban J connectivity index is 2.03. The number of nitrogens with two attached hydrogens (primary N) is 1. The van der Waals surface area contributed by atoms with E-state index < -0.39 is 0 Å². The SMILES string of the molecule is Cc1cccc(CN2CCC(C)C(CN)C2)c1C. The minimum Gasteiger partial charge on any atom is -0.330 e. The summed E-state index contributed by atoms with van der Waals surface area (Å²) in [6.07, 6.45) is 1.28. The van der Waals surface area contributed by atoms with Crippen LogP contribution in [-0.2, 0) is 6.54 Å². The Morgan fingerprint density at radius 1 is 1.33 bits per heavy atom. The molecule has 1 saturated heterocycles. The van der Waals surface area contributed by atoms with Gasteiger partial charge in [-0.15, -0.1) is 0 Å². The molecule has 2 unspecified atom stereocenters. The number of hydrogen-bond donors (Lipinski definition) is 1. The summed E-state index contributed by atoms with van der Waals surface area (Å²) in [5, 5.41) is 0. The second kappa shape index (κ2) is 5.85. The maximum absolute atomic E-state index is 5.88. The van der Waals surface area contributed by atoms with Gasteiger partial charge in [-0.05, 0) is 61.9 Å². The van der Waals surface area contributed by atoms with Gasteiger partial charge in [-0.3, -0.25) is 4.90 Å². The van der Waals surface area contributed by atoms with Crippen LogP contribution in [-0.4, -0.2) is 24.5 Å². The molecule has 2 nitrogen and oxygen atoms in total. The van der Waals surface area contributed by atoms with Gasteiger partial charge in [-0.25, -0.2) is 0 Å². The van der Waals surface area contributed by atoms with E-state index in [0.717, 1.165) is 25.6 Å². The average molecular weight is 246 g/mol. The molecule has 1 aromatic rings. The second-order valence-corrected chi connectivity index (χ2v) is 5.86. The molecule has 1 heterocycles. The van der Waals surface area contributed by atoms with Gasteiger partial charge in [0.15, 0.2) is 0 Å². The number of aryl methyl sites for hydroxylation is 1. The van der Waals surface area contributed by atoms with Crippen LogP contribution in [0.5, 0.6) is 0 Å². The highest BCUT2D eigenvalue weighted by Gasteiger charge is 2.25. The summed E-state index contributed by atoms with van der Waals surface area (Å²) in [6.45, 7) is 11.0. The minimum atomic E-state index is 0.670. The molecular formula is C16H26N2. The molecule has 1 aromatic carbocycles. The van der Waals surface area contributed by atoms with Crippen molar-refractivity contribution in [1.82, 2.24) is 4.90 Å². The van der Waals surface area contributed by atoms with Gasteiger partial charge in [0.1, 0.15) is 0 Å². The van der Waals surface area contributed by atoms with Gasteiger partial charge in [0.2, 0.25) is 0 Å². The predicted octanol–water partition coefficient (Wildman–Crippen LogP) is 2.72. The van der Waals surface area contributed by atoms with Crippen molar-refractivity contribution in [3.63, 3.8) is 0 Å². The van der Waals surface area contributed by atoms with Crippen molar-refractivity contribution in [2.24, 2.45) is 17.6 Å². The smallest absolute Gasteiger partial charge is 0.0236 e. The maximum Gasteiger partial charge on any atom is 0.0236 e. The molecule has 18 heavy (non-hydrogen) atoms. The fourth-order valence-electron chi connectivity index (χ4n) is 2.90. The Hall–Kier alpha value is -0.860. The Kier molecular flexibility index (Phi) is 4.41. The van der Waals surface area contributed by atoms with E-state index in [4.69, 9.17) is 5.73 Å². The lowest BCUT2D eigenvalue weighted by atomic mass is 9.87. The Morgan fingerprint density at radius 2 is 2.11 bits per heavy atom. The van der Waals surface area contributed by atoms with E-state index in [1.54, 1.807) is 0 Å². The normalized spacial score (nSPS) is 25.3. The average Bonchev–Trinajstić information content (AvgIpc) is 2.37. The zero-order valence-corrected chi connectivity index (χ0v) is 11.9. The summed E-state index contributed by atoms with van der Waals surface area (Å²) in [6, 6.07) is 6.63. The van der Waals surface area contributed by atoms with Crippen LogP contribution in [0.4, 0.5) is 0 Å². The van der Waals surface area contributed by atoms with E-state index in [2.05, 4.69) is 43.9 Å². The first kappa shape index (κ1) is 13.6. The summed E-state index contributed by atoms with van der Waals surface area (Å²) in [7, 11) is 0. The van der Waals surface area contributed by atoms with E-state index >= 15 is 0 Å². The summed E-state index contributed by atoms with van der Waals surface area (Å²) in [5.74, 6) is 1.45. The Morgan fingerprint density at radius 3 is 2.83 bits per heavy atom. The zero-order valence-electron chi connectivity index (χ0n) is 11.9. The molecular weight excluding hydrogens is 220 g/mol. The Bertz CT molecular complexity index is 400. The van der Waals surface area contributed by atoms with Crippen LogP contribution in [0.2, 0.25) is 0 Å². The van der Waals surface area contributed by atoms with Crippen molar-refractivity contribution in [2.45, 2.75) is 33.7 Å². The molecule has 0 spiro atoms. The quantitative estimate of drug-likeness (QED) is 0.888. The molecule has 2 N–H and O–H groups in total. The molecule has 0 aliphatic carbocycles. The molecule has 0 bridgehead atoms. The molecule has 2 atom stereocenters. The molecule has 1 fully saturated rings. The van der Waals surface area contributed by atoms with Gasteiger partial charge < -0.3 is 5.73 Å². The number of piperidine rings is 1. The topological polar surface area (TPSA) is 29.3 Å². The number of likely N-dealkylation sites (tertiary alicyclic amines) is 1. The fraction of sp³-hybridized carbons (Fsp3) is 0.625. The standard InChI is InChI=1S/C16H26N2/c1-12-5-4-6-15(14(12)3)10-18-8-7-13(2)16(9-17)11-18/h4-6,13,16H,7-11,17H2,1-3H3. The molecule has 0 radical (unpaired) electrons. The lowest BCUT2D eigenvalue weighted by Crippen LogP contribution is -2.42. The minimum absolute atomic E-state index is 0.670. The third kappa shape index (κ3) is 2.93. The fourth-order valence-corrected chi connectivity index (χ4v) is 2.90. The monoisotopic (exact) mass is 246 g/mol. The van der Waals surface area contributed by atoms with Crippen LogP contribution in [0.15, 0.2) is 18.2 Å². The van der Waals surface area contributed by atoms with E-state index in [9.17, 15) is 0 Å². The van der Waals surface area contributed by atoms with Crippen molar-refractivity contribution in [2.75, 3.05) is 19.6 Å². The summed E-state index contributed by atoms with van der Waals surface area (Å²) in [5.41, 5.74) is 10.2. The highest BCUT2D eigenvalue weighted by Crippen LogP contribution is 2.24. The highest BCUT2D eigenvalue weighted by molar-refractivity contribution is 5.33. The van der Waals surface area contributed by atoms with Crippen LogP contribution in [0.3, 0.4) is 0 Å². The number of benzene rings is 1. The number of nitrogens with zero attached hydrogens (tertiary/aromatic N) is 1. The van der Waals surface area contributed by atoms with Gasteiger partial charge >= 0.3 is 0 Å². The third-order valence-electron chi connectivity index (χ3n) is 4.61. The van der Waals surface area contributed by atoms with E-state index in [1.165, 1.54) is 29.7 Å². The molecule has 2 heteroatoms. The zero-order chi connectivity index (χ0) is 13.1. The Labute approximate surface area is 111 Å². The first-order chi connectivity index (χ1) is 8.61. The van der Waals surface area contributed by atoms with Crippen molar-refractivity contribution >= 4 is 0 Å². The van der Waals surface area contributed by atoms with Gasteiger partial charge in [-0.2, -0.15) is 0 Å². The molecule has 0 aromatic heterocycles. The predicted molar refractivity (Wildman–Crippen MR) is 77.5 cm³/mol. The van der Waals surface area contributed by atoms with Crippen LogP contribution in [0.25, 0.3) is 0 Å². The molecule has 100 valence electrons. The lowest BCUT2D eigenvalue weighted by Gasteiger charge is -2.36. The first-order valence-corrected chi connectivity index (χ1v) is 7.09. The lowest BCUT2D eigenvalue weighted by molar-refractivity contribution is 0.126. The van der Waals surface area contributed by atoms with E-state index in [0.29, 0.717) is 5.92 Å². The highest BCUT2D eigenvalue weighted by atomic mass is 15.1. The molecule has 1 aliphatic rings. The van der Waals surface area contributed by atoms with Gasteiger partial charge in [0, 0.05) is 13.1 Å². The van der Waals surface area contributed by atoms with Crippen LogP contribution >= 0.6 is 0 Å². The van der Waals surface area contributed by atoms with Crippen LogP contribution in [0, 0.1) is 25.7 Å². The van der Waals surface area contributed by atoms with Crippen LogP contribution in [0.1, 0.15) is 30.0 Å². The summed E-state index contributed by atoms with van der Waals surface area (Å²) < 4.78 is 0. The largest absolute Gasteiger partial charge is 0.330 e. The third-order valence-corrected chi connectivity index (χ3v) is 4.61. The number of rotatable bonds is 3. The van der Waals surface area contributed by atoms with Gasteiger partial charge in [0.05, 0.1) is 0 Å². The van der Waals surface area contributed by atoms with Crippen molar-refractivity contribution in [3.8, 4) is 0 Å². The summed E-state index contributed by atoms with van der Waals surface area (Å²) >= 11 is 0. The maximum atomic E-state index is 5.88. The van der Waals surface area contributed by atoms with Gasteiger partial charge in [-0.1, -0.05) is 25.1 Å². The second-order valence-electron chi connectivity index (χ2n) is 5.86. The molecule has 2 rings (SSSR count). The molecule has 1 aliphatic heterocycles. The molecule has 0 amide bonds. The molecule has 0 saturated carbocycles. The van der Waals surface area contributed by atoms with E-state index in [1.807, 2.05) is 0 Å². The first-order valence-electron chi connectivity index (χ1n) is 7.09. The van der Waals surface area contributed by atoms with E-state index in [-0.39, 0.29) is 0 Å². The van der Waals surface area contributed by atoms with Gasteiger partial charge in [0.25, 0.3) is 0 Å².